The van der Waals surface area contributed by atoms with Crippen LogP contribution in [-0.2, 0) is 9.53 Å². The summed E-state index contributed by atoms with van der Waals surface area (Å²) in [6.45, 7) is 8.22. The molecule has 4 nitrogen and oxygen atoms in total. The molecule has 1 atom stereocenters. The van der Waals surface area contributed by atoms with E-state index >= 15 is 0 Å². The van der Waals surface area contributed by atoms with Crippen LogP contribution in [0.2, 0.25) is 0 Å². The number of carbonyl (C=O) groups is 1. The van der Waals surface area contributed by atoms with E-state index in [-0.39, 0.29) is 18.6 Å². The summed E-state index contributed by atoms with van der Waals surface area (Å²) in [4.78, 5) is 13.5. The van der Waals surface area contributed by atoms with Crippen LogP contribution in [0.25, 0.3) is 0 Å². The van der Waals surface area contributed by atoms with Crippen molar-refractivity contribution in [3.63, 3.8) is 0 Å². The van der Waals surface area contributed by atoms with E-state index in [1.807, 2.05) is 0 Å². The van der Waals surface area contributed by atoms with Gasteiger partial charge >= 0.3 is 0 Å². The lowest BCUT2D eigenvalue weighted by Crippen LogP contribution is -2.45. The normalized spacial score (nSPS) is 17.7. The van der Waals surface area contributed by atoms with Crippen molar-refractivity contribution in [2.45, 2.75) is 26.8 Å². The second-order valence-corrected chi connectivity index (χ2v) is 5.31. The van der Waals surface area contributed by atoms with Crippen LogP contribution in [0.3, 0.4) is 0 Å². The maximum Gasteiger partial charge on any atom is 0.248 e. The van der Waals surface area contributed by atoms with Crippen LogP contribution < -0.4 is 5.73 Å². The average molecular weight is 262 g/mol. The first kappa shape index (κ1) is 14.0. The quantitative estimate of drug-likeness (QED) is 0.897. The van der Waals surface area contributed by atoms with Gasteiger partial charge in [-0.1, -0.05) is 17.7 Å². The average Bonchev–Trinajstić information content (AvgIpc) is 2.30. The molecule has 1 heterocycles. The van der Waals surface area contributed by atoms with Gasteiger partial charge in [0.15, 0.2) is 0 Å². The third-order valence-corrected chi connectivity index (χ3v) is 3.61. The van der Waals surface area contributed by atoms with Crippen molar-refractivity contribution >= 4 is 5.91 Å². The predicted octanol–water partition coefficient (Wildman–Crippen LogP) is 1.47. The second-order valence-electron chi connectivity index (χ2n) is 5.31. The molecule has 0 saturated carbocycles. The number of ether oxygens (including phenoxy) is 1. The Bertz CT molecular complexity index is 462. The van der Waals surface area contributed by atoms with Gasteiger partial charge in [0.05, 0.1) is 6.61 Å². The molecule has 1 amide bonds. The van der Waals surface area contributed by atoms with Gasteiger partial charge in [-0.05, 0) is 37.5 Å². The highest BCUT2D eigenvalue weighted by molar-refractivity contribution is 5.78. The Morgan fingerprint density at radius 2 is 1.95 bits per heavy atom. The monoisotopic (exact) mass is 262 g/mol. The third kappa shape index (κ3) is 3.14. The topological polar surface area (TPSA) is 55.6 Å². The number of morpholine rings is 1. The van der Waals surface area contributed by atoms with Crippen LogP contribution in [0.4, 0.5) is 0 Å². The molecule has 2 rings (SSSR count). The highest BCUT2D eigenvalue weighted by atomic mass is 16.5. The highest BCUT2D eigenvalue weighted by Crippen LogP contribution is 2.23. The molecular formula is C15H22N2O2. The summed E-state index contributed by atoms with van der Waals surface area (Å²) in [5.74, 6) is 0.0316. The predicted molar refractivity (Wildman–Crippen MR) is 75.0 cm³/mol. The number of hydrogen-bond donors (Lipinski definition) is 1. The van der Waals surface area contributed by atoms with E-state index in [9.17, 15) is 4.79 Å². The smallest absolute Gasteiger partial charge is 0.248 e. The molecule has 1 aliphatic heterocycles. The zero-order chi connectivity index (χ0) is 14.0. The lowest BCUT2D eigenvalue weighted by atomic mass is 9.94. The highest BCUT2D eigenvalue weighted by Gasteiger charge is 2.22. The lowest BCUT2D eigenvalue weighted by molar-refractivity contribution is -0.142. The molecule has 1 aliphatic rings. The van der Waals surface area contributed by atoms with Gasteiger partial charge in [0.1, 0.15) is 6.61 Å². The SMILES string of the molecule is Cc1cc(C)c(C(N)CN2CCOCC2=O)c(C)c1. The lowest BCUT2D eigenvalue weighted by Gasteiger charge is -2.30. The molecule has 0 aliphatic carbocycles. The van der Waals surface area contributed by atoms with Crippen LogP contribution >= 0.6 is 0 Å². The van der Waals surface area contributed by atoms with E-state index in [2.05, 4.69) is 32.9 Å². The number of carbonyl (C=O) groups excluding carboxylic acids is 1. The Balaban J connectivity index is 2.15. The van der Waals surface area contributed by atoms with Gasteiger partial charge in [0.25, 0.3) is 0 Å². The van der Waals surface area contributed by atoms with Crippen molar-refractivity contribution in [3.05, 3.63) is 34.4 Å². The molecule has 1 aromatic rings. The largest absolute Gasteiger partial charge is 0.370 e. The molecule has 0 radical (unpaired) electrons. The molecule has 1 aromatic carbocycles. The van der Waals surface area contributed by atoms with Crippen molar-refractivity contribution in [2.75, 3.05) is 26.3 Å². The van der Waals surface area contributed by atoms with E-state index in [1.165, 1.54) is 16.7 Å². The number of rotatable bonds is 3. The Morgan fingerprint density at radius 3 is 2.53 bits per heavy atom. The fourth-order valence-electron chi connectivity index (χ4n) is 2.85. The van der Waals surface area contributed by atoms with Crippen LogP contribution in [0.1, 0.15) is 28.3 Å². The van der Waals surface area contributed by atoms with Gasteiger partial charge in [-0.15, -0.1) is 0 Å². The first-order chi connectivity index (χ1) is 8.99. The van der Waals surface area contributed by atoms with Gasteiger partial charge in [0.2, 0.25) is 5.91 Å². The fourth-order valence-corrected chi connectivity index (χ4v) is 2.85. The van der Waals surface area contributed by atoms with Crippen molar-refractivity contribution in [1.29, 1.82) is 0 Å². The summed E-state index contributed by atoms with van der Waals surface area (Å²) in [5.41, 5.74) is 11.1. The number of aryl methyl sites for hydroxylation is 3. The Kier molecular flexibility index (Phi) is 4.22. The molecule has 1 saturated heterocycles. The molecule has 2 N–H and O–H groups in total. The van der Waals surface area contributed by atoms with Gasteiger partial charge in [-0.25, -0.2) is 0 Å². The zero-order valence-corrected chi connectivity index (χ0v) is 11.9. The summed E-state index contributed by atoms with van der Waals surface area (Å²) < 4.78 is 5.13. The van der Waals surface area contributed by atoms with Crippen LogP contribution in [-0.4, -0.2) is 37.1 Å². The number of benzene rings is 1. The summed E-state index contributed by atoms with van der Waals surface area (Å²) in [5, 5.41) is 0. The van der Waals surface area contributed by atoms with Gasteiger partial charge in [0, 0.05) is 19.1 Å². The van der Waals surface area contributed by atoms with Crippen LogP contribution in [0.5, 0.6) is 0 Å². The van der Waals surface area contributed by atoms with E-state index in [4.69, 9.17) is 10.5 Å². The minimum Gasteiger partial charge on any atom is -0.370 e. The van der Waals surface area contributed by atoms with E-state index in [1.54, 1.807) is 4.90 Å². The molecule has 4 heteroatoms. The first-order valence-corrected chi connectivity index (χ1v) is 6.68. The van der Waals surface area contributed by atoms with E-state index in [0.29, 0.717) is 19.7 Å². The molecule has 0 aromatic heterocycles. The maximum absolute atomic E-state index is 11.7. The minimum atomic E-state index is -0.136. The summed E-state index contributed by atoms with van der Waals surface area (Å²) in [6.07, 6.45) is 0. The Hall–Kier alpha value is -1.39. The van der Waals surface area contributed by atoms with Crippen molar-refractivity contribution in [3.8, 4) is 0 Å². The van der Waals surface area contributed by atoms with Crippen molar-refractivity contribution in [2.24, 2.45) is 5.73 Å². The third-order valence-electron chi connectivity index (χ3n) is 3.61. The summed E-state index contributed by atoms with van der Waals surface area (Å²) in [7, 11) is 0. The fraction of sp³-hybridized carbons (Fsp3) is 0.533. The van der Waals surface area contributed by atoms with E-state index < -0.39 is 0 Å². The summed E-state index contributed by atoms with van der Waals surface area (Å²) in [6, 6.07) is 4.15. The van der Waals surface area contributed by atoms with Gasteiger partial charge in [-0.3, -0.25) is 4.79 Å². The van der Waals surface area contributed by atoms with Crippen molar-refractivity contribution < 1.29 is 9.53 Å². The number of amides is 1. The van der Waals surface area contributed by atoms with Crippen LogP contribution in [0, 0.1) is 20.8 Å². The summed E-state index contributed by atoms with van der Waals surface area (Å²) >= 11 is 0. The van der Waals surface area contributed by atoms with E-state index in [0.717, 1.165) is 5.56 Å². The number of nitrogens with zero attached hydrogens (tertiary/aromatic N) is 1. The van der Waals surface area contributed by atoms with Gasteiger partial charge < -0.3 is 15.4 Å². The zero-order valence-electron chi connectivity index (χ0n) is 11.9. The van der Waals surface area contributed by atoms with Gasteiger partial charge in [-0.2, -0.15) is 0 Å². The molecule has 1 fully saturated rings. The molecule has 0 spiro atoms. The molecular weight excluding hydrogens is 240 g/mol. The Morgan fingerprint density at radius 1 is 1.32 bits per heavy atom. The molecule has 1 unspecified atom stereocenters. The van der Waals surface area contributed by atoms with Crippen LogP contribution in [0.15, 0.2) is 12.1 Å². The molecule has 104 valence electrons. The number of hydrogen-bond acceptors (Lipinski definition) is 3. The first-order valence-electron chi connectivity index (χ1n) is 6.68. The minimum absolute atomic E-state index is 0.0316. The number of nitrogens with two attached hydrogens (primary N) is 1. The molecule has 19 heavy (non-hydrogen) atoms. The van der Waals surface area contributed by atoms with Crippen molar-refractivity contribution in [1.82, 2.24) is 4.90 Å². The Labute approximate surface area is 114 Å². The second kappa shape index (κ2) is 5.72. The molecule has 0 bridgehead atoms. The standard InChI is InChI=1S/C15H22N2O2/c1-10-6-11(2)15(12(3)7-10)13(16)8-17-4-5-19-9-14(17)18/h6-7,13H,4-5,8-9,16H2,1-3H3. The maximum atomic E-state index is 11.7.